The van der Waals surface area contributed by atoms with Crippen molar-refractivity contribution in [1.29, 1.82) is 0 Å². The van der Waals surface area contributed by atoms with Gasteiger partial charge in [-0.3, -0.25) is 4.79 Å². The molecule has 0 saturated carbocycles. The van der Waals surface area contributed by atoms with Crippen LogP contribution in [0.5, 0.6) is 5.75 Å². The molecule has 0 aliphatic rings. The highest BCUT2D eigenvalue weighted by molar-refractivity contribution is 5.84. The second kappa shape index (κ2) is 11.7. The summed E-state index contributed by atoms with van der Waals surface area (Å²) in [7, 11) is 0. The van der Waals surface area contributed by atoms with Crippen LogP contribution in [-0.4, -0.2) is 25.3 Å². The fourth-order valence-corrected chi connectivity index (χ4v) is 2.33. The molecule has 0 heterocycles. The summed E-state index contributed by atoms with van der Waals surface area (Å²) < 4.78 is 5.70. The first-order valence-electron chi connectivity index (χ1n) is 9.11. The normalized spacial score (nSPS) is 10.7. The molecule has 2 aromatic rings. The fourth-order valence-electron chi connectivity index (χ4n) is 2.33. The number of nitrogens with zero attached hydrogens (tertiary/aromatic N) is 1. The number of para-hydroxylation sites is 1. The van der Waals surface area contributed by atoms with Crippen molar-refractivity contribution in [2.45, 2.75) is 32.6 Å². The molecule has 1 amide bonds. The van der Waals surface area contributed by atoms with Crippen LogP contribution < -0.4 is 15.5 Å². The van der Waals surface area contributed by atoms with E-state index in [1.165, 1.54) is 19.3 Å². The molecule has 26 heavy (non-hydrogen) atoms. The second-order valence-corrected chi connectivity index (χ2v) is 5.99. The number of hydrazone groups is 1. The number of nitrogens with one attached hydrogen (secondary N) is 2. The Morgan fingerprint density at radius 3 is 2.54 bits per heavy atom. The van der Waals surface area contributed by atoms with E-state index < -0.39 is 0 Å². The molecule has 0 spiro atoms. The number of carbonyl (C=O) groups is 1. The summed E-state index contributed by atoms with van der Waals surface area (Å²) in [6, 6.07) is 17.2. The highest BCUT2D eigenvalue weighted by Crippen LogP contribution is 2.12. The standard InChI is InChI=1S/C21H27N3O2/c1-2-3-4-8-15-26-20-13-11-18(12-14-20)16-23-24-21(25)17-22-19-9-6-5-7-10-19/h5-7,9-14,16,22H,2-4,8,15,17H2,1H3,(H,24,25)/b23-16+. The Hall–Kier alpha value is -2.82. The third-order valence-electron chi connectivity index (χ3n) is 3.78. The maximum atomic E-state index is 11.7. The Bertz CT molecular complexity index is 669. The number of ether oxygens (including phenoxy) is 1. The van der Waals surface area contributed by atoms with Gasteiger partial charge in [0.25, 0.3) is 5.91 Å². The van der Waals surface area contributed by atoms with Gasteiger partial charge in [-0.25, -0.2) is 5.43 Å². The van der Waals surface area contributed by atoms with Crippen molar-refractivity contribution >= 4 is 17.8 Å². The highest BCUT2D eigenvalue weighted by atomic mass is 16.5. The molecule has 0 bridgehead atoms. The van der Waals surface area contributed by atoms with Gasteiger partial charge in [-0.05, 0) is 48.4 Å². The zero-order valence-corrected chi connectivity index (χ0v) is 15.3. The third kappa shape index (κ3) is 7.83. The number of amides is 1. The molecule has 0 aliphatic carbocycles. The zero-order chi connectivity index (χ0) is 18.5. The van der Waals surface area contributed by atoms with Crippen LogP contribution in [0.25, 0.3) is 0 Å². The molecule has 0 unspecified atom stereocenters. The lowest BCUT2D eigenvalue weighted by atomic mass is 10.2. The van der Waals surface area contributed by atoms with E-state index in [-0.39, 0.29) is 12.5 Å². The minimum absolute atomic E-state index is 0.173. The number of benzene rings is 2. The van der Waals surface area contributed by atoms with Gasteiger partial charge in [0.1, 0.15) is 5.75 Å². The van der Waals surface area contributed by atoms with Gasteiger partial charge in [-0.15, -0.1) is 0 Å². The van der Waals surface area contributed by atoms with Crippen LogP contribution in [0.3, 0.4) is 0 Å². The predicted octanol–water partition coefficient (Wildman–Crippen LogP) is 4.21. The molecule has 2 N–H and O–H groups in total. The van der Waals surface area contributed by atoms with E-state index in [4.69, 9.17) is 4.74 Å². The highest BCUT2D eigenvalue weighted by Gasteiger charge is 1.99. The van der Waals surface area contributed by atoms with Crippen molar-refractivity contribution in [2.75, 3.05) is 18.5 Å². The predicted molar refractivity (Wildman–Crippen MR) is 107 cm³/mol. The van der Waals surface area contributed by atoms with Crippen molar-refractivity contribution in [2.24, 2.45) is 5.10 Å². The van der Waals surface area contributed by atoms with Crippen LogP contribution in [0.15, 0.2) is 59.7 Å². The lowest BCUT2D eigenvalue weighted by Gasteiger charge is -2.06. The quantitative estimate of drug-likeness (QED) is 0.361. The van der Waals surface area contributed by atoms with Crippen LogP contribution >= 0.6 is 0 Å². The molecule has 138 valence electrons. The summed E-state index contributed by atoms with van der Waals surface area (Å²) in [6.45, 7) is 3.12. The topological polar surface area (TPSA) is 62.7 Å². The van der Waals surface area contributed by atoms with Crippen LogP contribution in [0, 0.1) is 0 Å². The number of anilines is 1. The number of unbranched alkanes of at least 4 members (excludes halogenated alkanes) is 3. The van der Waals surface area contributed by atoms with Crippen LogP contribution in [-0.2, 0) is 4.79 Å². The van der Waals surface area contributed by atoms with E-state index in [0.717, 1.165) is 30.0 Å². The Morgan fingerprint density at radius 1 is 1.04 bits per heavy atom. The van der Waals surface area contributed by atoms with Gasteiger partial charge < -0.3 is 10.1 Å². The molecule has 0 aromatic heterocycles. The maximum absolute atomic E-state index is 11.7. The molecule has 2 rings (SSSR count). The first-order valence-corrected chi connectivity index (χ1v) is 9.11. The summed E-state index contributed by atoms with van der Waals surface area (Å²) in [6.07, 6.45) is 6.39. The molecule has 0 atom stereocenters. The van der Waals surface area contributed by atoms with Gasteiger partial charge in [0, 0.05) is 5.69 Å². The minimum Gasteiger partial charge on any atom is -0.494 e. The van der Waals surface area contributed by atoms with Gasteiger partial charge in [-0.2, -0.15) is 5.10 Å². The average Bonchev–Trinajstić information content (AvgIpc) is 2.68. The largest absolute Gasteiger partial charge is 0.494 e. The number of rotatable bonds is 11. The van der Waals surface area contributed by atoms with Gasteiger partial charge >= 0.3 is 0 Å². The van der Waals surface area contributed by atoms with Gasteiger partial charge in [-0.1, -0.05) is 44.4 Å². The van der Waals surface area contributed by atoms with Crippen molar-refractivity contribution in [3.63, 3.8) is 0 Å². The molecular formula is C21H27N3O2. The SMILES string of the molecule is CCCCCCOc1ccc(/C=N/NC(=O)CNc2ccccc2)cc1. The summed E-state index contributed by atoms with van der Waals surface area (Å²) in [4.78, 5) is 11.7. The van der Waals surface area contributed by atoms with Crippen LogP contribution in [0.1, 0.15) is 38.2 Å². The molecular weight excluding hydrogens is 326 g/mol. The van der Waals surface area contributed by atoms with Crippen LogP contribution in [0.4, 0.5) is 5.69 Å². The maximum Gasteiger partial charge on any atom is 0.259 e. The van der Waals surface area contributed by atoms with E-state index in [0.29, 0.717) is 0 Å². The summed E-state index contributed by atoms with van der Waals surface area (Å²) in [5, 5.41) is 7.00. The molecule has 0 radical (unpaired) electrons. The Balaban J connectivity index is 1.66. The lowest BCUT2D eigenvalue weighted by molar-refractivity contribution is -0.119. The van der Waals surface area contributed by atoms with Crippen LogP contribution in [0.2, 0.25) is 0 Å². The Morgan fingerprint density at radius 2 is 1.81 bits per heavy atom. The van der Waals surface area contributed by atoms with Gasteiger partial charge in [0.15, 0.2) is 0 Å². The van der Waals surface area contributed by atoms with Gasteiger partial charge in [0.2, 0.25) is 0 Å². The molecule has 0 fully saturated rings. The Kier molecular flexibility index (Phi) is 8.77. The van der Waals surface area contributed by atoms with E-state index in [2.05, 4.69) is 22.8 Å². The number of hydrogen-bond donors (Lipinski definition) is 2. The number of hydrogen-bond acceptors (Lipinski definition) is 4. The van der Waals surface area contributed by atoms with Crippen molar-refractivity contribution in [3.05, 3.63) is 60.2 Å². The van der Waals surface area contributed by atoms with E-state index >= 15 is 0 Å². The summed E-state index contributed by atoms with van der Waals surface area (Å²) in [5.74, 6) is 0.659. The van der Waals surface area contributed by atoms with Gasteiger partial charge in [0.05, 0.1) is 19.4 Å². The van der Waals surface area contributed by atoms with Crippen molar-refractivity contribution in [1.82, 2.24) is 5.43 Å². The average molecular weight is 353 g/mol. The fraction of sp³-hybridized carbons (Fsp3) is 0.333. The monoisotopic (exact) mass is 353 g/mol. The minimum atomic E-state index is -0.197. The molecule has 0 saturated heterocycles. The molecule has 5 heteroatoms. The first-order chi connectivity index (χ1) is 12.8. The molecule has 0 aliphatic heterocycles. The molecule has 2 aromatic carbocycles. The summed E-state index contributed by atoms with van der Waals surface area (Å²) in [5.41, 5.74) is 4.31. The Labute approximate surface area is 155 Å². The van der Waals surface area contributed by atoms with Crippen molar-refractivity contribution in [3.8, 4) is 5.75 Å². The second-order valence-electron chi connectivity index (χ2n) is 5.99. The van der Waals surface area contributed by atoms with Crippen molar-refractivity contribution < 1.29 is 9.53 Å². The third-order valence-corrected chi connectivity index (χ3v) is 3.78. The van der Waals surface area contributed by atoms with E-state index in [1.54, 1.807) is 6.21 Å². The first kappa shape index (κ1) is 19.5. The smallest absolute Gasteiger partial charge is 0.259 e. The molecule has 5 nitrogen and oxygen atoms in total. The van der Waals surface area contributed by atoms with E-state index in [9.17, 15) is 4.79 Å². The zero-order valence-electron chi connectivity index (χ0n) is 15.3. The van der Waals surface area contributed by atoms with E-state index in [1.807, 2.05) is 54.6 Å². The number of carbonyl (C=O) groups excluding carboxylic acids is 1. The lowest BCUT2D eigenvalue weighted by Crippen LogP contribution is -2.25. The summed E-state index contributed by atoms with van der Waals surface area (Å²) >= 11 is 0.